The van der Waals surface area contributed by atoms with Crippen LogP contribution in [-0.4, -0.2) is 110 Å². The predicted octanol–water partition coefficient (Wildman–Crippen LogP) is 3.62. The maximum absolute atomic E-state index is 14.1. The monoisotopic (exact) mass is 744 g/mol. The summed E-state index contributed by atoms with van der Waals surface area (Å²) >= 11 is 6.48. The van der Waals surface area contributed by atoms with E-state index < -0.39 is 17.8 Å². The van der Waals surface area contributed by atoms with Crippen molar-refractivity contribution >= 4 is 47.2 Å². The van der Waals surface area contributed by atoms with Gasteiger partial charge in [-0.15, -0.1) is 0 Å². The number of halogens is 4. The Morgan fingerprint density at radius 3 is 2.25 bits per heavy atom. The summed E-state index contributed by atoms with van der Waals surface area (Å²) in [5.41, 5.74) is -0.274. The van der Waals surface area contributed by atoms with Gasteiger partial charge in [-0.3, -0.25) is 19.2 Å². The lowest BCUT2D eigenvalue weighted by Gasteiger charge is -2.37. The van der Waals surface area contributed by atoms with Crippen molar-refractivity contribution in [1.82, 2.24) is 39.4 Å². The van der Waals surface area contributed by atoms with Gasteiger partial charge in [0.2, 0.25) is 5.91 Å². The zero-order valence-corrected chi connectivity index (χ0v) is 28.9. The summed E-state index contributed by atoms with van der Waals surface area (Å²) in [7, 11) is 3.11. The van der Waals surface area contributed by atoms with Gasteiger partial charge in [-0.25, -0.2) is 14.6 Å². The van der Waals surface area contributed by atoms with Crippen LogP contribution in [0.5, 0.6) is 0 Å². The fraction of sp³-hybridized carbons (Fsp3) is 0.364. The molecule has 5 heterocycles. The number of hydrogen-bond donors (Lipinski definition) is 4. The molecule has 15 nitrogen and oxygen atoms in total. The van der Waals surface area contributed by atoms with Crippen LogP contribution in [0.15, 0.2) is 48.9 Å². The van der Waals surface area contributed by atoms with Crippen LogP contribution >= 0.6 is 11.6 Å². The van der Waals surface area contributed by atoms with E-state index in [0.29, 0.717) is 31.9 Å². The van der Waals surface area contributed by atoms with Crippen molar-refractivity contribution in [3.63, 3.8) is 0 Å². The largest absolute Gasteiger partial charge is 0.483 e. The Morgan fingerprint density at radius 1 is 1.00 bits per heavy atom. The Bertz CT molecular complexity index is 1920. The number of piperidine rings is 1. The molecule has 19 heteroatoms. The highest BCUT2D eigenvalue weighted by atomic mass is 35.5. The van der Waals surface area contributed by atoms with Crippen molar-refractivity contribution in [2.75, 3.05) is 56.9 Å². The number of alkyl halides is 3. The molecule has 6 rings (SSSR count). The molecule has 2 saturated heterocycles. The van der Waals surface area contributed by atoms with E-state index in [1.54, 1.807) is 18.0 Å². The Balaban J connectivity index is 0.00000168. The molecule has 0 bridgehead atoms. The van der Waals surface area contributed by atoms with Gasteiger partial charge >= 0.3 is 6.18 Å². The molecular weight excluding hydrogens is 709 g/mol. The third-order valence-electron chi connectivity index (χ3n) is 8.75. The molecule has 0 unspecified atom stereocenters. The Morgan fingerprint density at radius 2 is 1.65 bits per heavy atom. The fourth-order valence-corrected chi connectivity index (χ4v) is 6.27. The Kier molecular flexibility index (Phi) is 11.8. The van der Waals surface area contributed by atoms with Crippen LogP contribution in [0.25, 0.3) is 17.1 Å². The minimum absolute atomic E-state index is 0.00657. The van der Waals surface area contributed by atoms with E-state index in [0.717, 1.165) is 36.8 Å². The molecule has 4 aromatic rings. The predicted molar refractivity (Wildman–Crippen MR) is 184 cm³/mol. The minimum Gasteiger partial charge on any atom is -0.483 e. The van der Waals surface area contributed by atoms with E-state index >= 15 is 0 Å². The van der Waals surface area contributed by atoms with Crippen molar-refractivity contribution in [2.45, 2.75) is 19.0 Å². The number of benzene rings is 1. The first-order chi connectivity index (χ1) is 24.9. The first kappa shape index (κ1) is 37.8. The molecule has 3 amide bonds. The first-order valence-corrected chi connectivity index (χ1v) is 16.5. The Labute approximate surface area is 300 Å². The van der Waals surface area contributed by atoms with Crippen molar-refractivity contribution < 1.29 is 37.5 Å². The second-order valence-corrected chi connectivity index (χ2v) is 12.3. The first-order valence-electron chi connectivity index (χ1n) is 16.2. The number of imidazole rings is 1. The summed E-state index contributed by atoms with van der Waals surface area (Å²) in [4.78, 5) is 59.5. The molecule has 2 aliphatic heterocycles. The van der Waals surface area contributed by atoms with Crippen molar-refractivity contribution in [3.8, 4) is 17.1 Å². The molecule has 2 fully saturated rings. The molecule has 3 aromatic heterocycles. The van der Waals surface area contributed by atoms with Crippen LogP contribution in [0.4, 0.5) is 24.5 Å². The molecule has 0 spiro atoms. The van der Waals surface area contributed by atoms with E-state index in [1.165, 1.54) is 48.3 Å². The molecule has 1 aromatic carbocycles. The standard InChI is InChI=1S/C32H34ClF3N10O3.CH2O2/c1-37-21-4-6-26(39-16-21)46-18-23(27(42-46)32(34,35)36)25-17-40-28(43(25)2)29(47)41-20-3-5-22(24(33)15-20)31(49)45-13-11-44(12-14-45)30(48)19-7-9-38-10-8-19;2-1-3/h3-6,15-19,37-38H,7-14H2,1-2H3,(H,41,47);1H,(H,2,3). The van der Waals surface area contributed by atoms with Crippen LogP contribution in [0, 0.1) is 5.92 Å². The average molecular weight is 745 g/mol. The molecule has 0 saturated carbocycles. The molecule has 0 radical (unpaired) electrons. The number of aromatic nitrogens is 5. The number of hydrogen-bond acceptors (Lipinski definition) is 9. The Hall–Kier alpha value is -5.49. The second-order valence-electron chi connectivity index (χ2n) is 11.9. The summed E-state index contributed by atoms with van der Waals surface area (Å²) in [6.07, 6.45) is 0.640. The summed E-state index contributed by atoms with van der Waals surface area (Å²) in [5, 5.41) is 19.5. The zero-order chi connectivity index (χ0) is 37.6. The lowest BCUT2D eigenvalue weighted by Crippen LogP contribution is -2.52. The number of carboxylic acid groups (broad SMARTS) is 1. The fourth-order valence-electron chi connectivity index (χ4n) is 6.01. The lowest BCUT2D eigenvalue weighted by atomic mass is 9.96. The SMILES string of the molecule is CNc1ccc(-n2cc(-c3cnc(C(=O)Nc4ccc(C(=O)N5CCN(C(=O)C6CCNCC6)CC5)c(Cl)c4)n3C)c(C(F)(F)F)n2)nc1.O=CO. The highest BCUT2D eigenvalue weighted by molar-refractivity contribution is 6.34. The average Bonchev–Trinajstić information content (AvgIpc) is 3.76. The minimum atomic E-state index is -4.80. The third-order valence-corrected chi connectivity index (χ3v) is 9.06. The lowest BCUT2D eigenvalue weighted by molar-refractivity contribution is -0.141. The number of piperazine rings is 1. The van der Waals surface area contributed by atoms with Gasteiger partial charge in [0, 0.05) is 58.1 Å². The number of pyridine rings is 1. The molecule has 52 heavy (non-hydrogen) atoms. The van der Waals surface area contributed by atoms with Gasteiger partial charge in [-0.1, -0.05) is 11.6 Å². The number of nitrogens with zero attached hydrogens (tertiary/aromatic N) is 7. The second kappa shape index (κ2) is 16.2. The topological polar surface area (TPSA) is 180 Å². The van der Waals surface area contributed by atoms with Crippen molar-refractivity contribution in [3.05, 3.63) is 71.0 Å². The third kappa shape index (κ3) is 8.34. The number of nitrogens with one attached hydrogen (secondary N) is 3. The van der Waals surface area contributed by atoms with Gasteiger partial charge in [0.15, 0.2) is 17.3 Å². The zero-order valence-electron chi connectivity index (χ0n) is 28.2. The van der Waals surface area contributed by atoms with Crippen LogP contribution < -0.4 is 16.0 Å². The van der Waals surface area contributed by atoms with Gasteiger partial charge in [0.05, 0.1) is 39.9 Å². The van der Waals surface area contributed by atoms with Gasteiger partial charge in [-0.2, -0.15) is 18.3 Å². The van der Waals surface area contributed by atoms with E-state index in [4.69, 9.17) is 21.5 Å². The summed E-state index contributed by atoms with van der Waals surface area (Å²) in [5.74, 6) is -0.849. The van der Waals surface area contributed by atoms with E-state index in [1.807, 2.05) is 4.90 Å². The number of carbonyl (C=O) groups is 4. The van der Waals surface area contributed by atoms with Gasteiger partial charge < -0.3 is 35.4 Å². The molecular formula is C33H36ClF3N10O5. The van der Waals surface area contributed by atoms with Crippen molar-refractivity contribution in [1.29, 1.82) is 0 Å². The van der Waals surface area contributed by atoms with Crippen molar-refractivity contribution in [2.24, 2.45) is 13.0 Å². The van der Waals surface area contributed by atoms with Crippen LogP contribution in [0.3, 0.4) is 0 Å². The summed E-state index contributed by atoms with van der Waals surface area (Å²) in [6, 6.07) is 7.60. The molecule has 0 aliphatic carbocycles. The molecule has 4 N–H and O–H groups in total. The van der Waals surface area contributed by atoms with Gasteiger partial charge in [0.1, 0.15) is 0 Å². The van der Waals surface area contributed by atoms with E-state index in [9.17, 15) is 27.6 Å². The van der Waals surface area contributed by atoms with Gasteiger partial charge in [-0.05, 0) is 56.3 Å². The molecule has 276 valence electrons. The number of rotatable bonds is 7. The van der Waals surface area contributed by atoms with E-state index in [2.05, 4.69) is 31.0 Å². The highest BCUT2D eigenvalue weighted by Gasteiger charge is 2.39. The number of anilines is 2. The molecule has 0 atom stereocenters. The molecule has 2 aliphatic rings. The smallest absolute Gasteiger partial charge is 0.435 e. The summed E-state index contributed by atoms with van der Waals surface area (Å²) in [6.45, 7) is 3.04. The quantitative estimate of drug-likeness (QED) is 0.204. The maximum atomic E-state index is 14.1. The van der Waals surface area contributed by atoms with Crippen LogP contribution in [0.1, 0.15) is 39.5 Å². The van der Waals surface area contributed by atoms with Gasteiger partial charge in [0.25, 0.3) is 18.3 Å². The number of carbonyl (C=O) groups excluding carboxylic acids is 3. The normalized spacial score (nSPS) is 15.0. The number of amides is 3. The maximum Gasteiger partial charge on any atom is 0.435 e. The van der Waals surface area contributed by atoms with E-state index in [-0.39, 0.29) is 63.4 Å². The highest BCUT2D eigenvalue weighted by Crippen LogP contribution is 2.37. The van der Waals surface area contributed by atoms with Crippen LogP contribution in [-0.2, 0) is 22.8 Å². The van der Waals surface area contributed by atoms with Crippen LogP contribution in [0.2, 0.25) is 5.02 Å². The summed E-state index contributed by atoms with van der Waals surface area (Å²) < 4.78 is 44.4.